The molecule has 0 saturated heterocycles. The van der Waals surface area contributed by atoms with Gasteiger partial charge in [-0.2, -0.15) is 5.10 Å². The van der Waals surface area contributed by atoms with Gasteiger partial charge in [-0.1, -0.05) is 23.7 Å². The number of hydrogen-bond acceptors (Lipinski definition) is 2. The van der Waals surface area contributed by atoms with E-state index in [0.717, 1.165) is 29.5 Å². The summed E-state index contributed by atoms with van der Waals surface area (Å²) in [7, 11) is 0. The molecule has 0 bridgehead atoms. The zero-order valence-electron chi connectivity index (χ0n) is 12.7. The highest BCUT2D eigenvalue weighted by Gasteiger charge is 2.15. The molecule has 3 rings (SSSR count). The van der Waals surface area contributed by atoms with Gasteiger partial charge in [0.2, 0.25) is 0 Å². The van der Waals surface area contributed by atoms with E-state index in [1.807, 2.05) is 11.6 Å². The fraction of sp³-hybridized carbons (Fsp3) is 0.471. The molecule has 21 heavy (non-hydrogen) atoms. The fourth-order valence-corrected chi connectivity index (χ4v) is 3.37. The molecule has 0 fully saturated rings. The van der Waals surface area contributed by atoms with Crippen LogP contribution in [0.5, 0.6) is 0 Å². The first-order valence-electron chi connectivity index (χ1n) is 7.77. The number of rotatable bonds is 4. The lowest BCUT2D eigenvalue weighted by atomic mass is 9.90. The van der Waals surface area contributed by atoms with E-state index in [1.165, 1.54) is 42.5 Å². The van der Waals surface area contributed by atoms with Crippen molar-refractivity contribution in [2.24, 2.45) is 0 Å². The highest BCUT2D eigenvalue weighted by Crippen LogP contribution is 2.29. The zero-order chi connectivity index (χ0) is 14.8. The van der Waals surface area contributed by atoms with Gasteiger partial charge in [-0.15, -0.1) is 0 Å². The average molecular weight is 304 g/mol. The molecular formula is C17H22ClN3. The van der Waals surface area contributed by atoms with Gasteiger partial charge in [-0.05, 0) is 56.7 Å². The number of halogens is 1. The Bertz CT molecular complexity index is 646. The third-order valence-corrected chi connectivity index (χ3v) is 4.79. The van der Waals surface area contributed by atoms with Gasteiger partial charge in [0.1, 0.15) is 0 Å². The Morgan fingerprint density at radius 1 is 1.29 bits per heavy atom. The molecule has 0 amide bonds. The van der Waals surface area contributed by atoms with Crippen molar-refractivity contribution in [2.45, 2.75) is 52.6 Å². The second-order valence-electron chi connectivity index (χ2n) is 5.67. The Labute approximate surface area is 131 Å². The first-order valence-corrected chi connectivity index (χ1v) is 8.15. The van der Waals surface area contributed by atoms with Crippen LogP contribution in [0.3, 0.4) is 0 Å². The maximum atomic E-state index is 6.38. The molecule has 1 heterocycles. The monoisotopic (exact) mass is 303 g/mol. The molecule has 112 valence electrons. The second-order valence-corrected chi connectivity index (χ2v) is 6.04. The molecule has 0 atom stereocenters. The highest BCUT2D eigenvalue weighted by molar-refractivity contribution is 6.31. The summed E-state index contributed by atoms with van der Waals surface area (Å²) in [4.78, 5) is 0. The molecule has 0 saturated carbocycles. The van der Waals surface area contributed by atoms with Gasteiger partial charge < -0.3 is 5.32 Å². The van der Waals surface area contributed by atoms with E-state index >= 15 is 0 Å². The molecule has 2 aromatic rings. The number of aromatic nitrogens is 2. The summed E-state index contributed by atoms with van der Waals surface area (Å²) in [5.74, 6) is 0. The Morgan fingerprint density at radius 3 is 2.90 bits per heavy atom. The molecule has 0 unspecified atom stereocenters. The SMILES string of the molecule is CCn1nc(C)c(Cl)c1CNc1cccc2c1CCCC2. The van der Waals surface area contributed by atoms with Crippen molar-refractivity contribution in [2.75, 3.05) is 5.32 Å². The van der Waals surface area contributed by atoms with Crippen LogP contribution < -0.4 is 5.32 Å². The van der Waals surface area contributed by atoms with Crippen LogP contribution in [-0.2, 0) is 25.9 Å². The van der Waals surface area contributed by atoms with Crippen molar-refractivity contribution in [3.63, 3.8) is 0 Å². The molecular weight excluding hydrogens is 282 g/mol. The van der Waals surface area contributed by atoms with E-state index in [0.29, 0.717) is 0 Å². The average Bonchev–Trinajstić information content (AvgIpc) is 2.80. The van der Waals surface area contributed by atoms with E-state index in [9.17, 15) is 0 Å². The first kappa shape index (κ1) is 14.5. The summed E-state index contributed by atoms with van der Waals surface area (Å²) in [6.45, 7) is 5.63. The Hall–Kier alpha value is -1.48. The maximum absolute atomic E-state index is 6.38. The molecule has 0 spiro atoms. The number of nitrogens with zero attached hydrogens (tertiary/aromatic N) is 2. The van der Waals surface area contributed by atoms with Crippen molar-refractivity contribution in [3.8, 4) is 0 Å². The minimum Gasteiger partial charge on any atom is -0.379 e. The number of hydrogen-bond donors (Lipinski definition) is 1. The topological polar surface area (TPSA) is 29.9 Å². The van der Waals surface area contributed by atoms with Gasteiger partial charge in [0.15, 0.2) is 0 Å². The number of fused-ring (bicyclic) bond motifs is 1. The summed E-state index contributed by atoms with van der Waals surface area (Å²) in [6.07, 6.45) is 4.98. The van der Waals surface area contributed by atoms with Crippen LogP contribution >= 0.6 is 11.6 Å². The third kappa shape index (κ3) is 2.80. The predicted molar refractivity (Wildman–Crippen MR) is 88.1 cm³/mol. The van der Waals surface area contributed by atoms with Crippen LogP contribution in [0.15, 0.2) is 18.2 Å². The highest BCUT2D eigenvalue weighted by atomic mass is 35.5. The Kier molecular flexibility index (Phi) is 4.20. The van der Waals surface area contributed by atoms with Gasteiger partial charge in [0, 0.05) is 12.2 Å². The molecule has 1 aromatic heterocycles. The van der Waals surface area contributed by atoms with Crippen LogP contribution in [0.2, 0.25) is 5.02 Å². The largest absolute Gasteiger partial charge is 0.379 e. The van der Waals surface area contributed by atoms with E-state index in [1.54, 1.807) is 0 Å². The minimum atomic E-state index is 0.726. The van der Waals surface area contributed by atoms with Crippen molar-refractivity contribution in [3.05, 3.63) is 45.7 Å². The van der Waals surface area contributed by atoms with E-state index < -0.39 is 0 Å². The molecule has 3 nitrogen and oxygen atoms in total. The lowest BCUT2D eigenvalue weighted by molar-refractivity contribution is 0.622. The van der Waals surface area contributed by atoms with E-state index in [2.05, 4.69) is 35.5 Å². The normalized spacial score (nSPS) is 14.0. The number of aryl methyl sites for hydroxylation is 3. The smallest absolute Gasteiger partial charge is 0.0865 e. The summed E-state index contributed by atoms with van der Waals surface area (Å²) >= 11 is 6.38. The molecule has 1 N–H and O–H groups in total. The molecule has 0 radical (unpaired) electrons. The molecule has 4 heteroatoms. The standard InChI is InChI=1S/C17H22ClN3/c1-3-21-16(17(18)12(2)20-21)11-19-15-10-6-8-13-7-4-5-9-14(13)15/h6,8,10,19H,3-5,7,9,11H2,1-2H3. The third-order valence-electron chi connectivity index (χ3n) is 4.30. The lowest BCUT2D eigenvalue weighted by Crippen LogP contribution is -2.11. The zero-order valence-corrected chi connectivity index (χ0v) is 13.5. The molecule has 1 aliphatic carbocycles. The lowest BCUT2D eigenvalue weighted by Gasteiger charge is -2.20. The van der Waals surface area contributed by atoms with Gasteiger partial charge in [-0.25, -0.2) is 0 Å². The molecule has 0 aliphatic heterocycles. The number of nitrogens with one attached hydrogen (secondary N) is 1. The van der Waals surface area contributed by atoms with Gasteiger partial charge in [0.25, 0.3) is 0 Å². The van der Waals surface area contributed by atoms with E-state index in [-0.39, 0.29) is 0 Å². The van der Waals surface area contributed by atoms with Crippen LogP contribution in [-0.4, -0.2) is 9.78 Å². The van der Waals surface area contributed by atoms with Crippen LogP contribution in [0, 0.1) is 6.92 Å². The fourth-order valence-electron chi connectivity index (χ4n) is 3.16. The van der Waals surface area contributed by atoms with Gasteiger partial charge in [-0.3, -0.25) is 4.68 Å². The quantitative estimate of drug-likeness (QED) is 0.909. The summed E-state index contributed by atoms with van der Waals surface area (Å²) in [5, 5.41) is 8.83. The second kappa shape index (κ2) is 6.10. The van der Waals surface area contributed by atoms with Crippen molar-refractivity contribution in [1.82, 2.24) is 9.78 Å². The predicted octanol–water partition coefficient (Wildman–Crippen LogP) is 4.36. The first-order chi connectivity index (χ1) is 10.2. The maximum Gasteiger partial charge on any atom is 0.0865 e. The van der Waals surface area contributed by atoms with E-state index in [4.69, 9.17) is 11.6 Å². The Morgan fingerprint density at radius 2 is 2.10 bits per heavy atom. The summed E-state index contributed by atoms with van der Waals surface area (Å²) in [5.41, 5.74) is 6.22. The van der Waals surface area contributed by atoms with Crippen molar-refractivity contribution < 1.29 is 0 Å². The Balaban J connectivity index is 1.83. The van der Waals surface area contributed by atoms with Gasteiger partial charge in [0.05, 0.1) is 23.0 Å². The summed E-state index contributed by atoms with van der Waals surface area (Å²) < 4.78 is 1.99. The van der Waals surface area contributed by atoms with Crippen molar-refractivity contribution >= 4 is 17.3 Å². The summed E-state index contributed by atoms with van der Waals surface area (Å²) in [6, 6.07) is 6.58. The minimum absolute atomic E-state index is 0.726. The van der Waals surface area contributed by atoms with Crippen molar-refractivity contribution in [1.29, 1.82) is 0 Å². The number of anilines is 1. The molecule has 1 aromatic carbocycles. The van der Waals surface area contributed by atoms with Gasteiger partial charge >= 0.3 is 0 Å². The van der Waals surface area contributed by atoms with Crippen LogP contribution in [0.25, 0.3) is 0 Å². The number of benzene rings is 1. The van der Waals surface area contributed by atoms with Crippen LogP contribution in [0.4, 0.5) is 5.69 Å². The van der Waals surface area contributed by atoms with Crippen LogP contribution in [0.1, 0.15) is 42.3 Å². The molecule has 1 aliphatic rings.